The van der Waals surface area contributed by atoms with Crippen LogP contribution in [0.1, 0.15) is 10.4 Å². The topological polar surface area (TPSA) is 109 Å². The van der Waals surface area contributed by atoms with Gasteiger partial charge in [-0.25, -0.2) is 4.79 Å². The third kappa shape index (κ3) is 2.44. The maximum Gasteiger partial charge on any atom is 0.335 e. The van der Waals surface area contributed by atoms with E-state index in [1.165, 1.54) is 30.6 Å². The van der Waals surface area contributed by atoms with Gasteiger partial charge in [0, 0.05) is 24.0 Å². The van der Waals surface area contributed by atoms with Crippen molar-refractivity contribution in [1.29, 1.82) is 0 Å². The summed E-state index contributed by atoms with van der Waals surface area (Å²) in [5, 5.41) is 12.7. The van der Waals surface area contributed by atoms with Crippen LogP contribution in [-0.2, 0) is 0 Å². The van der Waals surface area contributed by atoms with E-state index in [0.29, 0.717) is 5.56 Å². The van der Waals surface area contributed by atoms with Crippen LogP contribution in [0.25, 0.3) is 22.8 Å². The summed E-state index contributed by atoms with van der Waals surface area (Å²) in [6.45, 7) is 0. The second-order valence-corrected chi connectivity index (χ2v) is 4.23. The van der Waals surface area contributed by atoms with E-state index in [1.54, 1.807) is 12.1 Å². The molecule has 3 aromatic rings. The highest BCUT2D eigenvalue weighted by Crippen LogP contribution is 2.20. The molecule has 7 heteroatoms. The van der Waals surface area contributed by atoms with Gasteiger partial charge in [-0.05, 0) is 12.1 Å². The van der Waals surface area contributed by atoms with Crippen LogP contribution >= 0.6 is 0 Å². The average Bonchev–Trinajstić information content (AvgIpc) is 2.97. The van der Waals surface area contributed by atoms with Crippen molar-refractivity contribution >= 4 is 5.97 Å². The summed E-state index contributed by atoms with van der Waals surface area (Å²) in [6, 6.07) is 7.51. The van der Waals surface area contributed by atoms with E-state index < -0.39 is 5.97 Å². The Morgan fingerprint density at radius 2 is 2.14 bits per heavy atom. The second-order valence-electron chi connectivity index (χ2n) is 4.23. The Labute approximate surface area is 117 Å². The fraction of sp³-hybridized carbons (Fsp3) is 0. The van der Waals surface area contributed by atoms with Gasteiger partial charge in [0.15, 0.2) is 5.43 Å². The fourth-order valence-electron chi connectivity index (χ4n) is 1.82. The van der Waals surface area contributed by atoms with Gasteiger partial charge in [0.2, 0.25) is 5.82 Å². The molecule has 0 atom stereocenters. The molecule has 0 unspecified atom stereocenters. The Balaban J connectivity index is 2.03. The molecular weight excluding hydrogens is 274 g/mol. The molecule has 0 saturated heterocycles. The van der Waals surface area contributed by atoms with Crippen LogP contribution in [0, 0.1) is 0 Å². The first kappa shape index (κ1) is 12.8. The number of nitrogens with zero attached hydrogens (tertiary/aromatic N) is 2. The maximum atomic E-state index is 11.7. The fourth-order valence-corrected chi connectivity index (χ4v) is 1.82. The Kier molecular flexibility index (Phi) is 3.07. The molecule has 0 bridgehead atoms. The van der Waals surface area contributed by atoms with Gasteiger partial charge >= 0.3 is 5.97 Å². The van der Waals surface area contributed by atoms with E-state index in [2.05, 4.69) is 15.1 Å². The highest BCUT2D eigenvalue weighted by Gasteiger charge is 2.14. The molecule has 104 valence electrons. The Hall–Kier alpha value is -3.22. The summed E-state index contributed by atoms with van der Waals surface area (Å²) in [7, 11) is 0. The van der Waals surface area contributed by atoms with Crippen molar-refractivity contribution in [2.45, 2.75) is 0 Å². The molecule has 0 amide bonds. The number of pyridine rings is 1. The van der Waals surface area contributed by atoms with Crippen molar-refractivity contribution in [2.24, 2.45) is 0 Å². The minimum absolute atomic E-state index is 0.0765. The van der Waals surface area contributed by atoms with Crippen molar-refractivity contribution < 1.29 is 14.4 Å². The highest BCUT2D eigenvalue weighted by molar-refractivity contribution is 5.89. The Morgan fingerprint density at radius 1 is 1.29 bits per heavy atom. The van der Waals surface area contributed by atoms with E-state index in [-0.39, 0.29) is 28.3 Å². The van der Waals surface area contributed by atoms with Gasteiger partial charge in [0.25, 0.3) is 5.89 Å². The number of carboxylic acid groups (broad SMARTS) is 1. The number of nitrogens with one attached hydrogen (secondary N) is 1. The molecule has 0 aliphatic heterocycles. The predicted octanol–water partition coefficient (Wildman–Crippen LogP) is 1.79. The zero-order valence-corrected chi connectivity index (χ0v) is 10.6. The molecule has 0 radical (unpaired) electrons. The van der Waals surface area contributed by atoms with Crippen LogP contribution in [-0.4, -0.2) is 26.2 Å². The zero-order valence-electron chi connectivity index (χ0n) is 10.6. The lowest BCUT2D eigenvalue weighted by Gasteiger charge is -1.96. The molecule has 1 aromatic carbocycles. The largest absolute Gasteiger partial charge is 0.478 e. The van der Waals surface area contributed by atoms with Crippen molar-refractivity contribution in [2.75, 3.05) is 0 Å². The minimum atomic E-state index is -1.04. The molecule has 0 spiro atoms. The van der Waals surface area contributed by atoms with E-state index in [4.69, 9.17) is 9.63 Å². The normalized spacial score (nSPS) is 10.5. The van der Waals surface area contributed by atoms with Crippen LogP contribution in [0.2, 0.25) is 0 Å². The van der Waals surface area contributed by atoms with E-state index >= 15 is 0 Å². The number of benzene rings is 1. The van der Waals surface area contributed by atoms with Crippen molar-refractivity contribution in [1.82, 2.24) is 15.1 Å². The third-order valence-corrected chi connectivity index (χ3v) is 2.85. The smallest absolute Gasteiger partial charge is 0.335 e. The standard InChI is InChI=1S/C14H9N3O4/c18-11-4-5-15-7-10(11)13-16-12(17-21-13)8-2-1-3-9(6-8)14(19)20/h1-7H,(H,15,18)(H,19,20). The molecule has 0 fully saturated rings. The van der Waals surface area contributed by atoms with Crippen molar-refractivity contribution in [3.05, 3.63) is 58.5 Å². The van der Waals surface area contributed by atoms with E-state index in [9.17, 15) is 9.59 Å². The number of carboxylic acids is 1. The lowest BCUT2D eigenvalue weighted by molar-refractivity contribution is 0.0697. The van der Waals surface area contributed by atoms with Crippen LogP contribution < -0.4 is 5.43 Å². The summed E-state index contributed by atoms with van der Waals surface area (Å²) < 4.78 is 5.06. The van der Waals surface area contributed by atoms with Gasteiger partial charge in [-0.3, -0.25) is 4.79 Å². The summed E-state index contributed by atoms with van der Waals surface area (Å²) in [4.78, 5) is 29.5. The van der Waals surface area contributed by atoms with E-state index in [0.717, 1.165) is 0 Å². The predicted molar refractivity (Wildman–Crippen MR) is 72.8 cm³/mol. The van der Waals surface area contributed by atoms with Gasteiger partial charge in [0.05, 0.1) is 5.56 Å². The average molecular weight is 283 g/mol. The lowest BCUT2D eigenvalue weighted by atomic mass is 10.1. The van der Waals surface area contributed by atoms with Crippen LogP contribution in [0.4, 0.5) is 0 Å². The van der Waals surface area contributed by atoms with Crippen LogP contribution in [0.3, 0.4) is 0 Å². The van der Waals surface area contributed by atoms with Gasteiger partial charge in [0.1, 0.15) is 5.56 Å². The minimum Gasteiger partial charge on any atom is -0.478 e. The monoisotopic (exact) mass is 283 g/mol. The number of carbonyl (C=O) groups is 1. The summed E-state index contributed by atoms with van der Waals surface area (Å²) in [5.74, 6) is -0.746. The van der Waals surface area contributed by atoms with Crippen LogP contribution in [0.5, 0.6) is 0 Å². The molecule has 3 rings (SSSR count). The molecule has 2 N–H and O–H groups in total. The number of H-pyrrole nitrogens is 1. The SMILES string of the molecule is O=C(O)c1cccc(-c2noc(-c3c[nH]ccc3=O)n2)c1. The summed E-state index contributed by atoms with van der Waals surface area (Å²) in [5.41, 5.74) is 0.627. The number of hydrogen-bond donors (Lipinski definition) is 2. The van der Waals surface area contributed by atoms with Gasteiger partial charge < -0.3 is 14.6 Å². The molecule has 2 heterocycles. The Morgan fingerprint density at radius 3 is 2.90 bits per heavy atom. The van der Waals surface area contributed by atoms with Gasteiger partial charge in [-0.1, -0.05) is 17.3 Å². The molecular formula is C14H9N3O4. The van der Waals surface area contributed by atoms with E-state index in [1.807, 2.05) is 0 Å². The Bertz CT molecular complexity index is 866. The quantitative estimate of drug-likeness (QED) is 0.758. The van der Waals surface area contributed by atoms with Crippen LogP contribution in [0.15, 0.2) is 52.0 Å². The highest BCUT2D eigenvalue weighted by atomic mass is 16.5. The van der Waals surface area contributed by atoms with Crippen molar-refractivity contribution in [3.63, 3.8) is 0 Å². The molecule has 0 aliphatic carbocycles. The molecule has 0 aliphatic rings. The molecule has 7 nitrogen and oxygen atoms in total. The van der Waals surface area contributed by atoms with Crippen molar-refractivity contribution in [3.8, 4) is 22.8 Å². The third-order valence-electron chi connectivity index (χ3n) is 2.85. The summed E-state index contributed by atoms with van der Waals surface area (Å²) in [6.07, 6.45) is 2.97. The zero-order chi connectivity index (χ0) is 14.8. The first-order chi connectivity index (χ1) is 10.1. The number of aromatic amines is 1. The molecule has 2 aromatic heterocycles. The molecule has 21 heavy (non-hydrogen) atoms. The molecule has 0 saturated carbocycles. The summed E-state index contributed by atoms with van der Waals surface area (Å²) >= 11 is 0. The number of aromatic carboxylic acids is 1. The number of aromatic nitrogens is 3. The first-order valence-corrected chi connectivity index (χ1v) is 6.00. The number of rotatable bonds is 3. The second kappa shape index (κ2) is 5.04. The number of hydrogen-bond acceptors (Lipinski definition) is 5. The lowest BCUT2D eigenvalue weighted by Crippen LogP contribution is -2.02. The maximum absolute atomic E-state index is 11.7. The first-order valence-electron chi connectivity index (χ1n) is 6.00. The van der Waals surface area contributed by atoms with Gasteiger partial charge in [-0.2, -0.15) is 4.98 Å². The van der Waals surface area contributed by atoms with Gasteiger partial charge in [-0.15, -0.1) is 0 Å².